The largest absolute Gasteiger partial charge is 0.355 e. The van der Waals surface area contributed by atoms with Crippen LogP contribution in [0.3, 0.4) is 0 Å². The first-order valence-corrected chi connectivity index (χ1v) is 9.41. The van der Waals surface area contributed by atoms with Crippen molar-refractivity contribution in [2.75, 3.05) is 12.4 Å². The number of rotatable bonds is 6. The van der Waals surface area contributed by atoms with Crippen LogP contribution in [0.25, 0.3) is 0 Å². The number of carbonyl (C=O) groups excluding carboxylic acids is 2. The van der Waals surface area contributed by atoms with Gasteiger partial charge < -0.3 is 10.6 Å². The van der Waals surface area contributed by atoms with Crippen molar-refractivity contribution in [2.24, 2.45) is 0 Å². The molecule has 3 aromatic rings. The Labute approximate surface area is 169 Å². The number of hydrogen-bond donors (Lipinski definition) is 2. The molecule has 0 atom stereocenters. The molecule has 142 valence electrons. The van der Waals surface area contributed by atoms with Crippen molar-refractivity contribution in [1.29, 1.82) is 0 Å². The molecule has 0 unspecified atom stereocenters. The molecular formula is C23H21ClN2O2. The van der Waals surface area contributed by atoms with Gasteiger partial charge in [-0.25, -0.2) is 0 Å². The summed E-state index contributed by atoms with van der Waals surface area (Å²) < 4.78 is 0. The molecule has 2 N–H and O–H groups in total. The van der Waals surface area contributed by atoms with E-state index in [0.29, 0.717) is 21.8 Å². The molecule has 4 nitrogen and oxygen atoms in total. The van der Waals surface area contributed by atoms with Crippen LogP contribution in [0.4, 0.5) is 5.69 Å². The summed E-state index contributed by atoms with van der Waals surface area (Å²) in [6.45, 7) is 0. The van der Waals surface area contributed by atoms with Crippen LogP contribution in [0.1, 0.15) is 31.8 Å². The molecule has 0 saturated heterocycles. The molecule has 0 aliphatic heterocycles. The van der Waals surface area contributed by atoms with Crippen LogP contribution in [-0.2, 0) is 12.8 Å². The van der Waals surface area contributed by atoms with Gasteiger partial charge in [0.25, 0.3) is 11.8 Å². The highest BCUT2D eigenvalue weighted by atomic mass is 35.5. The van der Waals surface area contributed by atoms with Crippen LogP contribution in [0, 0.1) is 0 Å². The topological polar surface area (TPSA) is 58.2 Å². The molecule has 3 aromatic carbocycles. The predicted octanol–water partition coefficient (Wildman–Crippen LogP) is 4.74. The highest BCUT2D eigenvalue weighted by molar-refractivity contribution is 6.34. The third kappa shape index (κ3) is 4.78. The fraction of sp³-hybridized carbons (Fsp3) is 0.130. The quantitative estimate of drug-likeness (QED) is 0.636. The smallest absolute Gasteiger partial charge is 0.255 e. The Bertz CT molecular complexity index is 987. The number of carbonyl (C=O) groups is 2. The lowest BCUT2D eigenvalue weighted by Gasteiger charge is -2.12. The summed E-state index contributed by atoms with van der Waals surface area (Å²) in [6, 6.07) is 22.6. The second-order valence-corrected chi connectivity index (χ2v) is 6.78. The lowest BCUT2D eigenvalue weighted by Crippen LogP contribution is -2.19. The Kier molecular flexibility index (Phi) is 6.45. The van der Waals surface area contributed by atoms with Crippen LogP contribution in [0.5, 0.6) is 0 Å². The van der Waals surface area contributed by atoms with Crippen molar-refractivity contribution in [1.82, 2.24) is 5.32 Å². The molecule has 28 heavy (non-hydrogen) atoms. The Morgan fingerprint density at radius 2 is 1.54 bits per heavy atom. The van der Waals surface area contributed by atoms with E-state index in [-0.39, 0.29) is 11.8 Å². The number of aryl methyl sites for hydroxylation is 2. The van der Waals surface area contributed by atoms with Crippen LogP contribution in [-0.4, -0.2) is 18.9 Å². The van der Waals surface area contributed by atoms with Crippen molar-refractivity contribution in [2.45, 2.75) is 12.8 Å². The Morgan fingerprint density at radius 1 is 0.821 bits per heavy atom. The number of nitrogens with one attached hydrogen (secondary N) is 2. The number of hydrogen-bond acceptors (Lipinski definition) is 2. The van der Waals surface area contributed by atoms with Crippen LogP contribution in [0.2, 0.25) is 5.02 Å². The lowest BCUT2D eigenvalue weighted by molar-refractivity contribution is 0.0961. The van der Waals surface area contributed by atoms with Gasteiger partial charge in [-0.3, -0.25) is 9.59 Å². The van der Waals surface area contributed by atoms with Gasteiger partial charge in [0.2, 0.25) is 0 Å². The van der Waals surface area contributed by atoms with Gasteiger partial charge in [-0.05, 0) is 48.2 Å². The van der Waals surface area contributed by atoms with E-state index in [2.05, 4.69) is 22.8 Å². The van der Waals surface area contributed by atoms with Gasteiger partial charge in [0.05, 0.1) is 10.6 Å². The van der Waals surface area contributed by atoms with Gasteiger partial charge in [0, 0.05) is 18.3 Å². The molecule has 0 bridgehead atoms. The van der Waals surface area contributed by atoms with Crippen LogP contribution >= 0.6 is 11.6 Å². The van der Waals surface area contributed by atoms with Gasteiger partial charge in [0.15, 0.2) is 0 Å². The van der Waals surface area contributed by atoms with E-state index in [1.54, 1.807) is 18.2 Å². The summed E-state index contributed by atoms with van der Waals surface area (Å²) in [4.78, 5) is 24.7. The molecule has 0 aromatic heterocycles. The molecule has 0 aliphatic carbocycles. The number of anilines is 1. The first kappa shape index (κ1) is 19.6. The monoisotopic (exact) mass is 392 g/mol. The molecule has 0 aliphatic rings. The summed E-state index contributed by atoms with van der Waals surface area (Å²) in [5.74, 6) is -0.516. The second kappa shape index (κ2) is 9.20. The molecule has 0 heterocycles. The molecule has 3 rings (SSSR count). The van der Waals surface area contributed by atoms with Gasteiger partial charge in [-0.2, -0.15) is 0 Å². The highest BCUT2D eigenvalue weighted by Crippen LogP contribution is 2.22. The van der Waals surface area contributed by atoms with Crippen LogP contribution in [0.15, 0.2) is 72.8 Å². The fourth-order valence-electron chi connectivity index (χ4n) is 2.99. The third-order valence-corrected chi connectivity index (χ3v) is 4.81. The predicted molar refractivity (Wildman–Crippen MR) is 113 cm³/mol. The van der Waals surface area contributed by atoms with E-state index in [9.17, 15) is 9.59 Å². The van der Waals surface area contributed by atoms with Crippen molar-refractivity contribution in [3.8, 4) is 0 Å². The van der Waals surface area contributed by atoms with E-state index in [0.717, 1.165) is 18.4 Å². The zero-order chi connectivity index (χ0) is 19.9. The third-order valence-electron chi connectivity index (χ3n) is 4.48. The maximum absolute atomic E-state index is 12.8. The summed E-state index contributed by atoms with van der Waals surface area (Å²) in [6.07, 6.45) is 1.62. The zero-order valence-corrected chi connectivity index (χ0v) is 16.3. The maximum Gasteiger partial charge on any atom is 0.255 e. The minimum atomic E-state index is -0.302. The number of halogens is 1. The summed E-state index contributed by atoms with van der Waals surface area (Å²) >= 11 is 6.07. The second-order valence-electron chi connectivity index (χ2n) is 6.37. The maximum atomic E-state index is 12.8. The van der Waals surface area contributed by atoms with Crippen molar-refractivity contribution < 1.29 is 9.59 Å². The standard InChI is InChI=1S/C23H21ClN2O2/c1-25-22(27)20-15-18(13-14-21(20)24)26-23(28)19-10-6-5-9-17(19)12-11-16-7-3-2-4-8-16/h2-10,13-15H,11-12H2,1H3,(H,25,27)(H,26,28). The van der Waals surface area contributed by atoms with Crippen molar-refractivity contribution in [3.63, 3.8) is 0 Å². The molecule has 2 amide bonds. The van der Waals surface area contributed by atoms with Gasteiger partial charge >= 0.3 is 0 Å². The van der Waals surface area contributed by atoms with Crippen LogP contribution < -0.4 is 10.6 Å². The average Bonchev–Trinajstić information content (AvgIpc) is 2.74. The Hall–Kier alpha value is -3.11. The molecule has 0 saturated carbocycles. The fourth-order valence-corrected chi connectivity index (χ4v) is 3.20. The molecular weight excluding hydrogens is 372 g/mol. The highest BCUT2D eigenvalue weighted by Gasteiger charge is 2.14. The Morgan fingerprint density at radius 3 is 2.29 bits per heavy atom. The van der Waals surface area contributed by atoms with E-state index in [1.165, 1.54) is 12.6 Å². The molecule has 0 radical (unpaired) electrons. The SMILES string of the molecule is CNC(=O)c1cc(NC(=O)c2ccccc2CCc2ccccc2)ccc1Cl. The first-order valence-electron chi connectivity index (χ1n) is 9.03. The van der Waals surface area contributed by atoms with Gasteiger partial charge in [-0.1, -0.05) is 60.1 Å². The van der Waals surface area contributed by atoms with Gasteiger partial charge in [-0.15, -0.1) is 0 Å². The summed E-state index contributed by atoms with van der Waals surface area (Å²) in [7, 11) is 1.53. The Balaban J connectivity index is 1.77. The minimum absolute atomic E-state index is 0.214. The summed E-state index contributed by atoms with van der Waals surface area (Å²) in [5.41, 5.74) is 3.66. The molecule has 0 fully saturated rings. The zero-order valence-electron chi connectivity index (χ0n) is 15.5. The van der Waals surface area contributed by atoms with Crippen molar-refractivity contribution >= 4 is 29.1 Å². The average molecular weight is 393 g/mol. The van der Waals surface area contributed by atoms with E-state index >= 15 is 0 Å². The first-order chi connectivity index (χ1) is 13.6. The normalized spacial score (nSPS) is 10.4. The molecule has 0 spiro atoms. The number of amides is 2. The lowest BCUT2D eigenvalue weighted by atomic mass is 9.99. The van der Waals surface area contributed by atoms with E-state index in [1.807, 2.05) is 42.5 Å². The molecule has 5 heteroatoms. The van der Waals surface area contributed by atoms with E-state index < -0.39 is 0 Å². The minimum Gasteiger partial charge on any atom is -0.355 e. The van der Waals surface area contributed by atoms with Crippen molar-refractivity contribution in [3.05, 3.63) is 100 Å². The van der Waals surface area contributed by atoms with Gasteiger partial charge in [0.1, 0.15) is 0 Å². The summed E-state index contributed by atoms with van der Waals surface area (Å²) in [5, 5.41) is 5.74. The van der Waals surface area contributed by atoms with E-state index in [4.69, 9.17) is 11.6 Å². The number of benzene rings is 3.